The van der Waals surface area contributed by atoms with Crippen LogP contribution in [0.3, 0.4) is 0 Å². The summed E-state index contributed by atoms with van der Waals surface area (Å²) in [6.07, 6.45) is 1.20. The first-order chi connectivity index (χ1) is 29.1. The molecule has 2 atom stereocenters. The number of aromatic nitrogens is 4. The Balaban J connectivity index is 0.996. The van der Waals surface area contributed by atoms with Crippen molar-refractivity contribution in [3.05, 3.63) is 146 Å². The molecule has 0 radical (unpaired) electrons. The van der Waals surface area contributed by atoms with E-state index in [1.165, 1.54) is 41.8 Å². The van der Waals surface area contributed by atoms with E-state index in [1.807, 2.05) is 25.3 Å². The van der Waals surface area contributed by atoms with Crippen LogP contribution in [-0.4, -0.2) is 50.9 Å². The van der Waals surface area contributed by atoms with Gasteiger partial charge < -0.3 is 15.4 Å². The molecule has 3 aromatic heterocycles. The van der Waals surface area contributed by atoms with E-state index in [4.69, 9.17) is 4.99 Å². The summed E-state index contributed by atoms with van der Waals surface area (Å²) in [5, 5.41) is 31.8. The minimum absolute atomic E-state index is 0.0568. The smallest absolute Gasteiger partial charge is 0.306 e. The van der Waals surface area contributed by atoms with Crippen molar-refractivity contribution in [2.45, 2.75) is 58.0 Å². The van der Waals surface area contributed by atoms with Gasteiger partial charge >= 0.3 is 5.97 Å². The Morgan fingerprint density at radius 1 is 0.984 bits per heavy atom. The first kappa shape index (κ1) is 40.7. The van der Waals surface area contributed by atoms with E-state index in [9.17, 15) is 28.4 Å². The van der Waals surface area contributed by atoms with Crippen molar-refractivity contribution in [2.24, 2.45) is 4.99 Å². The van der Waals surface area contributed by atoms with E-state index in [-0.39, 0.29) is 22.6 Å². The van der Waals surface area contributed by atoms with Gasteiger partial charge in [0.1, 0.15) is 34.6 Å². The van der Waals surface area contributed by atoms with Crippen LogP contribution in [-0.2, 0) is 14.8 Å². The molecule has 7 aromatic rings. The number of fused-ring (bicyclic) bond motifs is 4. The van der Waals surface area contributed by atoms with Gasteiger partial charge in [-0.3, -0.25) is 23.9 Å². The molecular formula is C44H36F2N8O5S2. The van der Waals surface area contributed by atoms with Crippen molar-refractivity contribution in [3.8, 4) is 22.2 Å². The molecule has 17 heteroatoms. The number of H-pyrrole nitrogens is 1. The maximum absolute atomic E-state index is 15.7. The molecule has 0 aliphatic carbocycles. The summed E-state index contributed by atoms with van der Waals surface area (Å²) in [7, 11) is -4.06. The average Bonchev–Trinajstić information content (AvgIpc) is 3.90. The van der Waals surface area contributed by atoms with Gasteiger partial charge in [-0.25, -0.2) is 17.2 Å². The van der Waals surface area contributed by atoms with Crippen LogP contribution in [0.1, 0.15) is 85.7 Å². The number of hydrogen-bond donors (Lipinski definition) is 4. The number of carbonyl (C=O) groups is 2. The number of carboxylic acid groups (broad SMARTS) is 1. The third-order valence-electron chi connectivity index (χ3n) is 10.8. The Labute approximate surface area is 352 Å². The highest BCUT2D eigenvalue weighted by Gasteiger charge is 2.32. The lowest BCUT2D eigenvalue weighted by molar-refractivity contribution is -0.137. The number of amides is 1. The molecule has 0 spiro atoms. The minimum Gasteiger partial charge on any atom is -0.481 e. The number of hydrogen-bond acceptors (Lipinski definition) is 9. The van der Waals surface area contributed by atoms with E-state index in [0.29, 0.717) is 50.5 Å². The lowest BCUT2D eigenvalue weighted by Gasteiger charge is -2.16. The third kappa shape index (κ3) is 7.34. The second kappa shape index (κ2) is 15.5. The highest BCUT2D eigenvalue weighted by molar-refractivity contribution is 7.92. The van der Waals surface area contributed by atoms with Crippen LogP contribution in [0.2, 0.25) is 0 Å². The molecule has 308 valence electrons. The number of aliphatic carboxylic acids is 1. The van der Waals surface area contributed by atoms with Crippen molar-refractivity contribution in [1.82, 2.24) is 25.1 Å². The lowest BCUT2D eigenvalue weighted by atomic mass is 9.96. The van der Waals surface area contributed by atoms with Gasteiger partial charge in [0.05, 0.1) is 45.4 Å². The van der Waals surface area contributed by atoms with Gasteiger partial charge in [-0.15, -0.1) is 21.5 Å². The number of carbonyl (C=O) groups excluding carboxylic acids is 1. The van der Waals surface area contributed by atoms with Crippen molar-refractivity contribution in [3.63, 3.8) is 0 Å². The number of sulfonamides is 1. The summed E-state index contributed by atoms with van der Waals surface area (Å²) < 4.78 is 62.4. The van der Waals surface area contributed by atoms with E-state index in [0.717, 1.165) is 38.7 Å². The predicted octanol–water partition coefficient (Wildman–Crippen LogP) is 8.52. The number of anilines is 1. The van der Waals surface area contributed by atoms with E-state index in [2.05, 4.69) is 31.3 Å². The number of nitrogens with one attached hydrogen (secondary N) is 3. The monoisotopic (exact) mass is 858 g/mol. The van der Waals surface area contributed by atoms with Gasteiger partial charge in [0.2, 0.25) is 0 Å². The number of aryl methyl sites for hydroxylation is 3. The number of benzene rings is 4. The van der Waals surface area contributed by atoms with E-state index >= 15 is 8.78 Å². The van der Waals surface area contributed by atoms with E-state index in [1.54, 1.807) is 50.2 Å². The molecule has 8 rings (SSSR count). The molecule has 4 aromatic carbocycles. The number of aromatic amines is 1. The SMILES string of the molecule is Cc1sc2c(c1C)C(c1ccc(-c3cc(F)c(C(=O)N[C@H](C)c4ccc(S(=O)(=O)Nc5ccc(C)c6c(C#N)c[nH]c56)cc4)cc3F)cc1)=N[C@@H](CC(=O)O)c1nnc(C)n1-2. The van der Waals surface area contributed by atoms with Gasteiger partial charge in [-0.2, -0.15) is 5.26 Å². The third-order valence-corrected chi connectivity index (χ3v) is 13.4. The van der Waals surface area contributed by atoms with Crippen LogP contribution in [0.5, 0.6) is 0 Å². The van der Waals surface area contributed by atoms with Gasteiger partial charge in [-0.05, 0) is 87.2 Å². The fraction of sp³-hybridized carbons (Fsp3) is 0.182. The van der Waals surface area contributed by atoms with Crippen molar-refractivity contribution >= 4 is 55.5 Å². The maximum atomic E-state index is 15.7. The number of nitriles is 1. The first-order valence-corrected chi connectivity index (χ1v) is 21.2. The molecule has 0 bridgehead atoms. The van der Waals surface area contributed by atoms with Crippen molar-refractivity contribution in [1.29, 1.82) is 5.26 Å². The summed E-state index contributed by atoms with van der Waals surface area (Å²) in [6.45, 7) is 9.19. The summed E-state index contributed by atoms with van der Waals surface area (Å²) in [4.78, 5) is 34.0. The molecule has 61 heavy (non-hydrogen) atoms. The summed E-state index contributed by atoms with van der Waals surface area (Å²) in [5.74, 6) is -2.71. The number of thiophene rings is 1. The molecular weight excluding hydrogens is 823 g/mol. The number of halogens is 2. The molecule has 0 fully saturated rings. The zero-order valence-corrected chi connectivity index (χ0v) is 34.9. The standard InChI is InChI=1S/C44H36F2N8O5S2/c1-21-6-15-35(41-38(21)29(19-47)20-48-41)53-61(58,59)30-13-11-26(12-14-30)23(3)49-43(57)32-17-33(45)31(16-34(32)46)27-7-9-28(10-8-27)40-39-22(2)24(4)60-44(39)54-25(5)51-52-42(54)36(50-40)18-37(55)56/h6-17,20,23,36,48,53H,18H2,1-5H3,(H,49,57)(H,55,56)/t23-,36+/m1/s1. The maximum Gasteiger partial charge on any atom is 0.306 e. The molecule has 4 N–H and O–H groups in total. The van der Waals surface area contributed by atoms with Crippen LogP contribution in [0, 0.1) is 50.7 Å². The summed E-state index contributed by atoms with van der Waals surface area (Å²) >= 11 is 1.52. The number of aliphatic imine (C=N–C) groups is 1. The van der Waals surface area contributed by atoms with E-state index < -0.39 is 51.2 Å². The van der Waals surface area contributed by atoms with Crippen LogP contribution in [0.4, 0.5) is 14.5 Å². The molecule has 0 saturated heterocycles. The fourth-order valence-corrected chi connectivity index (χ4v) is 9.82. The molecule has 1 aliphatic rings. The average molecular weight is 859 g/mol. The van der Waals surface area contributed by atoms with Crippen LogP contribution < -0.4 is 10.0 Å². The molecule has 1 amide bonds. The zero-order valence-electron chi connectivity index (χ0n) is 33.3. The largest absolute Gasteiger partial charge is 0.481 e. The zero-order chi connectivity index (χ0) is 43.5. The van der Waals surface area contributed by atoms with Crippen molar-refractivity contribution in [2.75, 3.05) is 4.72 Å². The second-order valence-corrected chi connectivity index (χ2v) is 17.6. The van der Waals surface area contributed by atoms with Gasteiger partial charge in [-0.1, -0.05) is 42.5 Å². The van der Waals surface area contributed by atoms with Gasteiger partial charge in [0.25, 0.3) is 15.9 Å². The normalized spacial score (nSPS) is 14.1. The quantitative estimate of drug-likeness (QED) is 0.105. The van der Waals surface area contributed by atoms with Crippen LogP contribution >= 0.6 is 11.3 Å². The number of carboxylic acids is 1. The summed E-state index contributed by atoms with van der Waals surface area (Å²) in [6, 6.07) is 18.1. The molecule has 0 unspecified atom stereocenters. The molecule has 0 saturated carbocycles. The molecule has 13 nitrogen and oxygen atoms in total. The van der Waals surface area contributed by atoms with Gasteiger partial charge in [0, 0.05) is 33.2 Å². The first-order valence-electron chi connectivity index (χ1n) is 18.9. The van der Waals surface area contributed by atoms with Crippen LogP contribution in [0.15, 0.2) is 88.9 Å². The predicted molar refractivity (Wildman–Crippen MR) is 227 cm³/mol. The Morgan fingerprint density at radius 2 is 1.69 bits per heavy atom. The molecule has 4 heterocycles. The topological polar surface area (TPSA) is 195 Å². The second-order valence-electron chi connectivity index (χ2n) is 14.7. The van der Waals surface area contributed by atoms with Crippen LogP contribution in [0.25, 0.3) is 27.0 Å². The number of rotatable bonds is 10. The number of nitrogens with zero attached hydrogens (tertiary/aromatic N) is 5. The summed E-state index contributed by atoms with van der Waals surface area (Å²) in [5.41, 5.74) is 5.12. The Morgan fingerprint density at radius 3 is 2.38 bits per heavy atom. The Hall–Kier alpha value is -7.03. The Kier molecular flexibility index (Phi) is 10.4. The molecule has 1 aliphatic heterocycles. The Bertz CT molecular complexity index is 3130. The minimum atomic E-state index is -4.06. The van der Waals surface area contributed by atoms with Crippen molar-refractivity contribution < 1.29 is 31.9 Å². The highest BCUT2D eigenvalue weighted by Crippen LogP contribution is 2.40. The van der Waals surface area contributed by atoms with Gasteiger partial charge in [0.15, 0.2) is 5.82 Å². The fourth-order valence-electron chi connectivity index (χ4n) is 7.53. The highest BCUT2D eigenvalue weighted by atomic mass is 32.2. The lowest BCUT2D eigenvalue weighted by Crippen LogP contribution is -2.27.